The van der Waals surface area contributed by atoms with Crippen LogP contribution in [0.5, 0.6) is 5.88 Å². The second-order valence-corrected chi connectivity index (χ2v) is 7.80. The fourth-order valence-corrected chi connectivity index (χ4v) is 4.25. The van der Waals surface area contributed by atoms with Gasteiger partial charge in [-0.15, -0.1) is 0 Å². The largest absolute Gasteiger partial charge is 0.493 e. The van der Waals surface area contributed by atoms with E-state index >= 15 is 0 Å². The standard InChI is InChI=1S/C21H16ClFN2O2S/c1-2-12-4-3-5-16-14(10-24-19(12)16)8-18-20(26)25(21(27)28-18)11-13-6-7-15(23)9-17(13)22/h3-10,26H,2,11H2,1H3. The third kappa shape index (κ3) is 3.30. The second kappa shape index (κ2) is 7.37. The van der Waals surface area contributed by atoms with Crippen molar-refractivity contribution in [3.8, 4) is 5.88 Å². The zero-order chi connectivity index (χ0) is 19.8. The maximum atomic E-state index is 13.2. The van der Waals surface area contributed by atoms with Crippen LogP contribution in [-0.2, 0) is 13.0 Å². The number of para-hydroxylation sites is 1. The molecule has 1 aliphatic heterocycles. The van der Waals surface area contributed by atoms with Gasteiger partial charge in [0, 0.05) is 22.4 Å². The van der Waals surface area contributed by atoms with Crippen LogP contribution >= 0.6 is 22.9 Å². The highest BCUT2D eigenvalue weighted by Gasteiger charge is 2.18. The van der Waals surface area contributed by atoms with Crippen molar-refractivity contribution in [2.75, 3.05) is 0 Å². The van der Waals surface area contributed by atoms with Gasteiger partial charge < -0.3 is 5.11 Å². The Kier molecular flexibility index (Phi) is 4.91. The Labute approximate surface area is 169 Å². The lowest BCUT2D eigenvalue weighted by atomic mass is 10.0. The highest BCUT2D eigenvalue weighted by atomic mass is 35.5. The Morgan fingerprint density at radius 3 is 2.86 bits per heavy atom. The molecule has 2 aromatic carbocycles. The number of hydrogen-bond donors (Lipinski definition) is 1. The summed E-state index contributed by atoms with van der Waals surface area (Å²) in [5, 5.41) is 10.8. The molecule has 142 valence electrons. The molecule has 0 atom stereocenters. The van der Waals surface area contributed by atoms with Gasteiger partial charge in [0.05, 0.1) is 17.1 Å². The molecule has 3 aromatic rings. The molecule has 2 heterocycles. The van der Waals surface area contributed by atoms with E-state index in [2.05, 4.69) is 11.9 Å². The molecule has 0 bridgehead atoms. The van der Waals surface area contributed by atoms with Gasteiger partial charge in [-0.3, -0.25) is 14.4 Å². The van der Waals surface area contributed by atoms with Crippen LogP contribution in [0.3, 0.4) is 0 Å². The zero-order valence-electron chi connectivity index (χ0n) is 14.9. The third-order valence-corrected chi connectivity index (χ3v) is 5.94. The first-order chi connectivity index (χ1) is 13.5. The molecule has 0 radical (unpaired) electrons. The Bertz CT molecular complexity index is 1190. The summed E-state index contributed by atoms with van der Waals surface area (Å²) in [5.41, 5.74) is 4.46. The van der Waals surface area contributed by atoms with Crippen molar-refractivity contribution < 1.29 is 9.50 Å². The number of fused-ring (bicyclic) bond motifs is 1. The number of thiazole rings is 1. The molecule has 4 nitrogen and oxygen atoms in total. The van der Waals surface area contributed by atoms with E-state index in [1.807, 2.05) is 18.2 Å². The maximum absolute atomic E-state index is 13.2. The molecule has 28 heavy (non-hydrogen) atoms. The van der Waals surface area contributed by atoms with Crippen LogP contribution < -0.4 is 4.87 Å². The summed E-state index contributed by atoms with van der Waals surface area (Å²) in [5.74, 6) is -0.594. The molecule has 1 N–H and O–H groups in total. The molecular formula is C21H16ClFN2O2S. The molecule has 7 heteroatoms. The molecular weight excluding hydrogens is 399 g/mol. The topological polar surface area (TPSA) is 54.6 Å². The normalized spacial score (nSPS) is 14.0. The summed E-state index contributed by atoms with van der Waals surface area (Å²) in [7, 11) is 0. The van der Waals surface area contributed by atoms with Crippen LogP contribution in [0.4, 0.5) is 10.1 Å². The number of nitrogens with zero attached hydrogens (tertiary/aromatic N) is 2. The van der Waals surface area contributed by atoms with Crippen LogP contribution in [0, 0.1) is 5.82 Å². The van der Waals surface area contributed by atoms with E-state index in [-0.39, 0.29) is 22.3 Å². The first-order valence-electron chi connectivity index (χ1n) is 8.72. The zero-order valence-corrected chi connectivity index (χ0v) is 16.5. The number of benzene rings is 2. The number of hydrogen-bond acceptors (Lipinski definition) is 4. The average Bonchev–Trinajstić information content (AvgIpc) is 3.20. The molecule has 0 amide bonds. The summed E-state index contributed by atoms with van der Waals surface area (Å²) in [6.45, 7) is 2.14. The van der Waals surface area contributed by atoms with Crippen molar-refractivity contribution in [3.63, 3.8) is 0 Å². The number of aryl methyl sites for hydroxylation is 1. The summed E-state index contributed by atoms with van der Waals surface area (Å²) >= 11 is 6.99. The fourth-order valence-electron chi connectivity index (χ4n) is 3.19. The lowest BCUT2D eigenvalue weighted by Crippen LogP contribution is -2.13. The van der Waals surface area contributed by atoms with Gasteiger partial charge in [-0.1, -0.05) is 54.1 Å². The van der Waals surface area contributed by atoms with Gasteiger partial charge in [0.1, 0.15) is 5.82 Å². The van der Waals surface area contributed by atoms with Gasteiger partial charge >= 0.3 is 4.87 Å². The summed E-state index contributed by atoms with van der Waals surface area (Å²) in [6, 6.07) is 9.96. The maximum Gasteiger partial charge on any atom is 0.310 e. The second-order valence-electron chi connectivity index (χ2n) is 6.40. The van der Waals surface area contributed by atoms with E-state index < -0.39 is 5.82 Å². The lowest BCUT2D eigenvalue weighted by molar-refractivity contribution is 0.420. The minimum Gasteiger partial charge on any atom is -0.493 e. The highest BCUT2D eigenvalue weighted by Crippen LogP contribution is 2.37. The van der Waals surface area contributed by atoms with Crippen LogP contribution in [0.15, 0.2) is 46.2 Å². The third-order valence-electron chi connectivity index (χ3n) is 4.67. The Balaban J connectivity index is 1.71. The minimum absolute atomic E-state index is 0.0636. The van der Waals surface area contributed by atoms with Crippen LogP contribution in [0.2, 0.25) is 5.02 Å². The highest BCUT2D eigenvalue weighted by molar-refractivity contribution is 7.10. The molecule has 0 saturated carbocycles. The summed E-state index contributed by atoms with van der Waals surface area (Å²) < 4.78 is 14.5. The van der Waals surface area contributed by atoms with Gasteiger partial charge in [0.15, 0.2) is 0 Å². The summed E-state index contributed by atoms with van der Waals surface area (Å²) in [6.07, 6.45) is 4.38. The van der Waals surface area contributed by atoms with Crippen LogP contribution in [0.25, 0.3) is 11.6 Å². The first kappa shape index (κ1) is 18.7. The SMILES string of the molecule is CCc1cccc2c1N=CC2=Cc1sc(=O)n(Cc2ccc(F)cc2Cl)c1O. The predicted molar refractivity (Wildman–Crippen MR) is 113 cm³/mol. The van der Waals surface area contributed by atoms with E-state index in [0.29, 0.717) is 10.4 Å². The minimum atomic E-state index is -0.452. The van der Waals surface area contributed by atoms with Gasteiger partial charge in [-0.05, 0) is 35.8 Å². The molecule has 0 spiro atoms. The fraction of sp³-hybridized carbons (Fsp3) is 0.143. The number of aliphatic imine (C=N–C) groups is 1. The van der Waals surface area contributed by atoms with Crippen molar-refractivity contribution in [1.82, 2.24) is 4.57 Å². The number of rotatable bonds is 4. The quantitative estimate of drug-likeness (QED) is 0.631. The van der Waals surface area contributed by atoms with Gasteiger partial charge in [-0.2, -0.15) is 0 Å². The van der Waals surface area contributed by atoms with Crippen LogP contribution in [0.1, 0.15) is 28.5 Å². The van der Waals surface area contributed by atoms with Crippen molar-refractivity contribution in [1.29, 1.82) is 0 Å². The van der Waals surface area contributed by atoms with Crippen molar-refractivity contribution in [2.24, 2.45) is 4.99 Å². The molecule has 0 fully saturated rings. The van der Waals surface area contributed by atoms with E-state index in [9.17, 15) is 14.3 Å². The number of allylic oxidation sites excluding steroid dienone is 1. The molecule has 1 aromatic heterocycles. The van der Waals surface area contributed by atoms with E-state index in [1.54, 1.807) is 12.3 Å². The van der Waals surface area contributed by atoms with E-state index in [1.165, 1.54) is 22.8 Å². The molecule has 4 rings (SSSR count). The van der Waals surface area contributed by atoms with Gasteiger partial charge in [0.25, 0.3) is 0 Å². The first-order valence-corrected chi connectivity index (χ1v) is 9.92. The smallest absolute Gasteiger partial charge is 0.310 e. The molecule has 0 unspecified atom stereocenters. The Hall–Kier alpha value is -2.70. The number of aromatic hydroxyl groups is 1. The van der Waals surface area contributed by atoms with E-state index in [4.69, 9.17) is 11.6 Å². The van der Waals surface area contributed by atoms with Crippen LogP contribution in [-0.4, -0.2) is 15.9 Å². The van der Waals surface area contributed by atoms with Gasteiger partial charge in [-0.25, -0.2) is 4.39 Å². The average molecular weight is 415 g/mol. The molecule has 0 aliphatic carbocycles. The Morgan fingerprint density at radius 1 is 1.29 bits per heavy atom. The van der Waals surface area contributed by atoms with Gasteiger partial charge in [0.2, 0.25) is 5.88 Å². The predicted octanol–water partition coefficient (Wildman–Crippen LogP) is 5.28. The lowest BCUT2D eigenvalue weighted by Gasteiger charge is -2.06. The van der Waals surface area contributed by atoms with Crippen molar-refractivity contribution in [3.05, 3.63) is 78.5 Å². The number of aromatic nitrogens is 1. The van der Waals surface area contributed by atoms with Crippen molar-refractivity contribution in [2.45, 2.75) is 19.9 Å². The molecule has 0 saturated heterocycles. The molecule has 1 aliphatic rings. The van der Waals surface area contributed by atoms with E-state index in [0.717, 1.165) is 40.1 Å². The number of halogens is 2. The Morgan fingerprint density at radius 2 is 2.11 bits per heavy atom. The monoisotopic (exact) mass is 414 g/mol. The summed E-state index contributed by atoms with van der Waals surface area (Å²) in [4.78, 5) is 17.0. The van der Waals surface area contributed by atoms with Crippen molar-refractivity contribution >= 4 is 46.5 Å².